The minimum Gasteiger partial charge on any atom is -0.433 e. The van der Waals surface area contributed by atoms with E-state index in [0.717, 1.165) is 11.4 Å². The third kappa shape index (κ3) is 5.29. The number of nitrogens with two attached hydrogens (primary N) is 2. The molecule has 136 valence electrons. The van der Waals surface area contributed by atoms with Crippen molar-refractivity contribution in [3.05, 3.63) is 48.5 Å². The largest absolute Gasteiger partial charge is 0.433 e. The van der Waals surface area contributed by atoms with E-state index in [-0.39, 0.29) is 0 Å². The number of benzene rings is 2. The van der Waals surface area contributed by atoms with Crippen LogP contribution in [0, 0.1) is 0 Å². The summed E-state index contributed by atoms with van der Waals surface area (Å²) in [6.07, 6.45) is 0. The zero-order chi connectivity index (χ0) is 18.9. The molecule has 0 saturated carbocycles. The highest BCUT2D eigenvalue weighted by molar-refractivity contribution is 6.95. The zero-order valence-electron chi connectivity index (χ0n) is 16.1. The van der Waals surface area contributed by atoms with E-state index < -0.39 is 25.2 Å². The Hall–Kier alpha value is -1.39. The first-order valence-electron chi connectivity index (χ1n) is 8.54. The molecule has 0 amide bonds. The topological polar surface area (TPSA) is 70.5 Å². The molecule has 0 fully saturated rings. The molecule has 4 N–H and O–H groups in total. The summed E-state index contributed by atoms with van der Waals surface area (Å²) in [6.45, 7) is 13.2. The number of hydrogen-bond acceptors (Lipinski definition) is 4. The van der Waals surface area contributed by atoms with E-state index >= 15 is 0 Å². The zero-order valence-corrected chi connectivity index (χ0v) is 19.1. The normalized spacial score (nSPS) is 13.0. The number of anilines is 2. The van der Waals surface area contributed by atoms with Crippen molar-refractivity contribution in [3.63, 3.8) is 0 Å². The van der Waals surface area contributed by atoms with E-state index in [1.165, 1.54) is 10.4 Å². The van der Waals surface area contributed by atoms with Crippen LogP contribution in [-0.4, -0.2) is 25.2 Å². The molecule has 0 aromatic heterocycles. The van der Waals surface area contributed by atoms with Gasteiger partial charge in [0.25, 0.3) is 0 Å². The van der Waals surface area contributed by atoms with Gasteiger partial charge < -0.3 is 19.7 Å². The molecule has 7 heteroatoms. The van der Waals surface area contributed by atoms with Gasteiger partial charge >= 0.3 is 8.56 Å². The maximum absolute atomic E-state index is 6.66. The Labute approximate surface area is 154 Å². The van der Waals surface area contributed by atoms with Gasteiger partial charge in [-0.15, -0.1) is 0 Å². The smallest absolute Gasteiger partial charge is 0.311 e. The molecular weight excluding hydrogens is 360 g/mol. The predicted molar refractivity (Wildman–Crippen MR) is 116 cm³/mol. The molecule has 0 aliphatic heterocycles. The summed E-state index contributed by atoms with van der Waals surface area (Å²) in [6, 6.07) is 16.1. The van der Waals surface area contributed by atoms with E-state index in [1.807, 2.05) is 24.3 Å². The maximum atomic E-state index is 6.66. The highest BCUT2D eigenvalue weighted by Gasteiger charge is 2.41. The molecule has 0 aliphatic rings. The first kappa shape index (κ1) is 19.9. The van der Waals surface area contributed by atoms with E-state index in [9.17, 15) is 0 Å². The molecule has 0 spiro atoms. The highest BCUT2D eigenvalue weighted by Crippen LogP contribution is 2.21. The summed E-state index contributed by atoms with van der Waals surface area (Å²) in [7, 11) is -6.43. The molecular formula is C18H30N2O2Si3. The first-order valence-corrected chi connectivity index (χ1v) is 17.2. The SMILES string of the molecule is C[Si](C)(O[Si](C)(C)c1ccc(N)cc1)O[Si](C)(C)c1ccc(N)cc1. The lowest BCUT2D eigenvalue weighted by atomic mass is 10.3. The van der Waals surface area contributed by atoms with Crippen molar-refractivity contribution < 1.29 is 8.23 Å². The third-order valence-corrected chi connectivity index (χ3v) is 15.7. The lowest BCUT2D eigenvalue weighted by Crippen LogP contribution is -2.59. The minimum absolute atomic E-state index is 0.776. The van der Waals surface area contributed by atoms with Gasteiger partial charge in [-0.05, 0) is 73.9 Å². The van der Waals surface area contributed by atoms with Crippen LogP contribution >= 0.6 is 0 Å². The van der Waals surface area contributed by atoms with Crippen LogP contribution in [0.4, 0.5) is 11.4 Å². The predicted octanol–water partition coefficient (Wildman–Crippen LogP) is 3.11. The van der Waals surface area contributed by atoms with Crippen LogP contribution < -0.4 is 21.8 Å². The average Bonchev–Trinajstić information content (AvgIpc) is 2.45. The van der Waals surface area contributed by atoms with E-state index in [1.54, 1.807) is 0 Å². The molecule has 0 heterocycles. The third-order valence-electron chi connectivity index (χ3n) is 4.21. The van der Waals surface area contributed by atoms with Crippen LogP contribution in [0.3, 0.4) is 0 Å². The molecule has 0 aliphatic carbocycles. The minimum atomic E-state index is -2.31. The Balaban J connectivity index is 2.17. The second-order valence-electron chi connectivity index (χ2n) is 7.87. The van der Waals surface area contributed by atoms with Crippen molar-refractivity contribution in [3.8, 4) is 0 Å². The fourth-order valence-electron chi connectivity index (χ4n) is 3.14. The van der Waals surface area contributed by atoms with Gasteiger partial charge in [-0.1, -0.05) is 24.3 Å². The van der Waals surface area contributed by atoms with Gasteiger partial charge in [0.15, 0.2) is 0 Å². The van der Waals surface area contributed by atoms with Gasteiger partial charge in [0.05, 0.1) is 0 Å². The van der Waals surface area contributed by atoms with Crippen molar-refractivity contribution in [2.24, 2.45) is 0 Å². The van der Waals surface area contributed by atoms with Crippen LogP contribution in [0.25, 0.3) is 0 Å². The lowest BCUT2D eigenvalue weighted by Gasteiger charge is -2.39. The van der Waals surface area contributed by atoms with Gasteiger partial charge in [0, 0.05) is 11.4 Å². The summed E-state index contributed by atoms with van der Waals surface area (Å²) in [5.74, 6) is 0. The standard InChI is InChI=1S/C18H30N2O2Si3/c1-23(2,17-11-7-15(19)8-12-17)21-25(5,6)22-24(3,4)18-13-9-16(20)10-14-18/h7-14H,19-20H2,1-6H3. The summed E-state index contributed by atoms with van der Waals surface area (Å²) in [5, 5.41) is 2.47. The number of hydrogen-bond donors (Lipinski definition) is 2. The van der Waals surface area contributed by atoms with Crippen molar-refractivity contribution in [1.29, 1.82) is 0 Å². The Kier molecular flexibility index (Phi) is 5.65. The number of nitrogen functional groups attached to an aromatic ring is 2. The first-order chi connectivity index (χ1) is 11.4. The molecule has 2 aromatic carbocycles. The lowest BCUT2D eigenvalue weighted by molar-refractivity contribution is 0.401. The van der Waals surface area contributed by atoms with E-state index in [0.29, 0.717) is 0 Å². The van der Waals surface area contributed by atoms with Crippen molar-refractivity contribution >= 4 is 46.9 Å². The Bertz CT molecular complexity index is 653. The number of rotatable bonds is 6. The monoisotopic (exact) mass is 390 g/mol. The quantitative estimate of drug-likeness (QED) is 0.587. The Morgan fingerprint density at radius 3 is 1.12 bits per heavy atom. The fourth-order valence-corrected chi connectivity index (χ4v) is 16.4. The van der Waals surface area contributed by atoms with E-state index in [4.69, 9.17) is 19.7 Å². The van der Waals surface area contributed by atoms with Crippen molar-refractivity contribution in [2.45, 2.75) is 39.3 Å². The summed E-state index contributed by atoms with van der Waals surface area (Å²) in [4.78, 5) is 0. The summed E-state index contributed by atoms with van der Waals surface area (Å²) < 4.78 is 13.3. The molecule has 0 atom stereocenters. The van der Waals surface area contributed by atoms with Crippen LogP contribution in [-0.2, 0) is 8.23 Å². The van der Waals surface area contributed by atoms with Gasteiger partial charge in [0.2, 0.25) is 16.6 Å². The van der Waals surface area contributed by atoms with Crippen LogP contribution in [0.5, 0.6) is 0 Å². The summed E-state index contributed by atoms with van der Waals surface area (Å²) in [5.41, 5.74) is 13.2. The highest BCUT2D eigenvalue weighted by atomic mass is 28.5. The average molecular weight is 391 g/mol. The van der Waals surface area contributed by atoms with Crippen LogP contribution in [0.15, 0.2) is 48.5 Å². The Morgan fingerprint density at radius 1 is 0.560 bits per heavy atom. The molecule has 0 saturated heterocycles. The van der Waals surface area contributed by atoms with Crippen molar-refractivity contribution in [1.82, 2.24) is 0 Å². The summed E-state index contributed by atoms with van der Waals surface area (Å²) >= 11 is 0. The molecule has 0 radical (unpaired) electrons. The molecule has 2 aromatic rings. The van der Waals surface area contributed by atoms with Crippen LogP contribution in [0.2, 0.25) is 39.3 Å². The molecule has 2 rings (SSSR count). The molecule has 0 unspecified atom stereocenters. The van der Waals surface area contributed by atoms with E-state index in [2.05, 4.69) is 63.5 Å². The van der Waals surface area contributed by atoms with Gasteiger partial charge in [-0.3, -0.25) is 0 Å². The molecule has 0 bridgehead atoms. The van der Waals surface area contributed by atoms with Gasteiger partial charge in [-0.2, -0.15) is 0 Å². The fraction of sp³-hybridized carbons (Fsp3) is 0.333. The van der Waals surface area contributed by atoms with Gasteiger partial charge in [-0.25, -0.2) is 0 Å². The Morgan fingerprint density at radius 2 is 0.840 bits per heavy atom. The second-order valence-corrected chi connectivity index (χ2v) is 19.5. The maximum Gasteiger partial charge on any atom is 0.311 e. The molecule has 25 heavy (non-hydrogen) atoms. The molecule has 4 nitrogen and oxygen atoms in total. The second kappa shape index (κ2) is 7.08. The van der Waals surface area contributed by atoms with Crippen LogP contribution in [0.1, 0.15) is 0 Å². The van der Waals surface area contributed by atoms with Gasteiger partial charge in [0.1, 0.15) is 0 Å². The van der Waals surface area contributed by atoms with Crippen molar-refractivity contribution in [2.75, 3.05) is 11.5 Å².